The van der Waals surface area contributed by atoms with Crippen molar-refractivity contribution in [3.05, 3.63) is 29.6 Å². The first-order chi connectivity index (χ1) is 11.4. The van der Waals surface area contributed by atoms with E-state index in [2.05, 4.69) is 23.5 Å². The standard InChI is InChI=1S/C16H20FN3O3S/c1-10(2)19-7-6-11(8-19)12-4-5-13(23-3)16(15(12)17)20-9-14(21)18-24(20)22/h4-6,10H,7-9H2,1-3H3,(H,18,21). The Morgan fingerprint density at radius 2 is 2.08 bits per heavy atom. The minimum atomic E-state index is -1.80. The van der Waals surface area contributed by atoms with Gasteiger partial charge in [0.1, 0.15) is 18.0 Å². The van der Waals surface area contributed by atoms with Gasteiger partial charge < -0.3 is 4.74 Å². The average Bonchev–Trinajstić information content (AvgIpc) is 3.13. The Morgan fingerprint density at radius 3 is 2.62 bits per heavy atom. The van der Waals surface area contributed by atoms with E-state index in [0.29, 0.717) is 18.2 Å². The molecule has 0 radical (unpaired) electrons. The van der Waals surface area contributed by atoms with Crippen LogP contribution in [0.15, 0.2) is 18.2 Å². The van der Waals surface area contributed by atoms with E-state index in [1.165, 1.54) is 11.4 Å². The topological polar surface area (TPSA) is 61.9 Å². The number of carbonyl (C=O) groups excluding carboxylic acids is 1. The molecule has 6 nitrogen and oxygen atoms in total. The number of amides is 1. The number of hydrogen-bond acceptors (Lipinski definition) is 4. The number of nitrogens with zero attached hydrogens (tertiary/aromatic N) is 2. The molecule has 130 valence electrons. The smallest absolute Gasteiger partial charge is 0.253 e. The van der Waals surface area contributed by atoms with Gasteiger partial charge in [0.25, 0.3) is 5.91 Å². The third-order valence-corrected chi connectivity index (χ3v) is 5.37. The summed E-state index contributed by atoms with van der Waals surface area (Å²) in [5, 5.41) is 0. The van der Waals surface area contributed by atoms with Gasteiger partial charge in [-0.3, -0.25) is 18.7 Å². The number of carbonyl (C=O) groups is 1. The van der Waals surface area contributed by atoms with Crippen molar-refractivity contribution in [2.75, 3.05) is 31.0 Å². The summed E-state index contributed by atoms with van der Waals surface area (Å²) in [5.41, 5.74) is 1.38. The van der Waals surface area contributed by atoms with Crippen LogP contribution in [0.4, 0.5) is 10.1 Å². The molecule has 3 rings (SSSR count). The van der Waals surface area contributed by atoms with Crippen molar-refractivity contribution in [1.29, 1.82) is 0 Å². The molecule has 8 heteroatoms. The van der Waals surface area contributed by atoms with Gasteiger partial charge >= 0.3 is 0 Å². The number of hydrogen-bond donors (Lipinski definition) is 1. The molecule has 1 N–H and O–H groups in total. The van der Waals surface area contributed by atoms with Crippen molar-refractivity contribution < 1.29 is 18.1 Å². The zero-order chi connectivity index (χ0) is 17.4. The maximum Gasteiger partial charge on any atom is 0.253 e. The van der Waals surface area contributed by atoms with E-state index < -0.39 is 22.9 Å². The Bertz CT molecular complexity index is 736. The van der Waals surface area contributed by atoms with Crippen LogP contribution in [0, 0.1) is 5.82 Å². The second-order valence-electron chi connectivity index (χ2n) is 6.04. The first-order valence-electron chi connectivity index (χ1n) is 7.71. The van der Waals surface area contributed by atoms with E-state index >= 15 is 4.39 Å². The number of nitrogens with one attached hydrogen (secondary N) is 1. The highest BCUT2D eigenvalue weighted by Crippen LogP contribution is 2.38. The number of rotatable bonds is 4. The van der Waals surface area contributed by atoms with Gasteiger partial charge in [-0.25, -0.2) is 8.60 Å². The molecule has 1 saturated heterocycles. The molecule has 0 saturated carbocycles. The normalized spacial score (nSPS) is 21.4. The fraction of sp³-hybridized carbons (Fsp3) is 0.438. The summed E-state index contributed by atoms with van der Waals surface area (Å²) in [5.74, 6) is -0.678. The molecule has 1 fully saturated rings. The van der Waals surface area contributed by atoms with Crippen molar-refractivity contribution in [3.63, 3.8) is 0 Å². The van der Waals surface area contributed by atoms with E-state index in [0.717, 1.165) is 12.1 Å². The van der Waals surface area contributed by atoms with E-state index in [1.807, 2.05) is 6.08 Å². The zero-order valence-corrected chi connectivity index (χ0v) is 14.7. The third kappa shape index (κ3) is 2.91. The maximum absolute atomic E-state index is 15.2. The highest BCUT2D eigenvalue weighted by Gasteiger charge is 2.33. The van der Waals surface area contributed by atoms with Gasteiger partial charge in [0, 0.05) is 24.7 Å². The Hall–Kier alpha value is -1.93. The molecule has 24 heavy (non-hydrogen) atoms. The molecule has 0 aliphatic carbocycles. The fourth-order valence-electron chi connectivity index (χ4n) is 2.89. The number of anilines is 1. The van der Waals surface area contributed by atoms with Crippen LogP contribution in [0.3, 0.4) is 0 Å². The van der Waals surface area contributed by atoms with Crippen LogP contribution < -0.4 is 13.8 Å². The second-order valence-corrected chi connectivity index (χ2v) is 7.18. The van der Waals surface area contributed by atoms with Crippen molar-refractivity contribution in [1.82, 2.24) is 9.62 Å². The molecule has 1 aromatic carbocycles. The van der Waals surface area contributed by atoms with E-state index in [1.54, 1.807) is 12.1 Å². The number of ether oxygens (including phenoxy) is 1. The largest absolute Gasteiger partial charge is 0.494 e. The van der Waals surface area contributed by atoms with Crippen LogP contribution in [-0.4, -0.2) is 47.8 Å². The highest BCUT2D eigenvalue weighted by molar-refractivity contribution is 7.85. The van der Waals surface area contributed by atoms with Crippen molar-refractivity contribution >= 4 is 28.3 Å². The van der Waals surface area contributed by atoms with Crippen LogP contribution in [0.5, 0.6) is 5.75 Å². The Kier molecular flexibility index (Phi) is 4.60. The molecule has 1 amide bonds. The quantitative estimate of drug-likeness (QED) is 0.890. The second kappa shape index (κ2) is 6.52. The van der Waals surface area contributed by atoms with Crippen molar-refractivity contribution in [2.45, 2.75) is 19.9 Å². The molecule has 2 heterocycles. The van der Waals surface area contributed by atoms with Crippen LogP contribution >= 0.6 is 0 Å². The van der Waals surface area contributed by atoms with Gasteiger partial charge in [0.05, 0.1) is 7.11 Å². The molecule has 1 atom stereocenters. The predicted octanol–water partition coefficient (Wildman–Crippen LogP) is 1.46. The van der Waals surface area contributed by atoms with Gasteiger partial charge in [0.15, 0.2) is 5.82 Å². The van der Waals surface area contributed by atoms with Crippen molar-refractivity contribution in [3.8, 4) is 5.75 Å². The lowest BCUT2D eigenvalue weighted by atomic mass is 10.0. The highest BCUT2D eigenvalue weighted by atomic mass is 32.2. The summed E-state index contributed by atoms with van der Waals surface area (Å²) < 4.78 is 35.9. The monoisotopic (exact) mass is 353 g/mol. The maximum atomic E-state index is 15.2. The van der Waals surface area contributed by atoms with Gasteiger partial charge in [-0.05, 0) is 31.6 Å². The van der Waals surface area contributed by atoms with Gasteiger partial charge in [-0.1, -0.05) is 6.08 Å². The lowest BCUT2D eigenvalue weighted by molar-refractivity contribution is -0.117. The molecule has 1 aromatic rings. The molecule has 2 aliphatic heterocycles. The SMILES string of the molecule is COc1ccc(C2=CCN(C(C)C)C2)c(F)c1N1CC(=O)NS1=O. The number of methoxy groups -OCH3 is 1. The summed E-state index contributed by atoms with van der Waals surface area (Å²) in [4.78, 5) is 13.7. The lowest BCUT2D eigenvalue weighted by Crippen LogP contribution is -2.28. The minimum absolute atomic E-state index is 0.0515. The molecular formula is C16H20FN3O3S. The van der Waals surface area contributed by atoms with E-state index in [9.17, 15) is 9.00 Å². The molecule has 1 unspecified atom stereocenters. The summed E-state index contributed by atoms with van der Waals surface area (Å²) in [6.07, 6.45) is 2.00. The van der Waals surface area contributed by atoms with Crippen molar-refractivity contribution in [2.24, 2.45) is 0 Å². The van der Waals surface area contributed by atoms with Crippen LogP contribution in [0.25, 0.3) is 5.57 Å². The van der Waals surface area contributed by atoms with Gasteiger partial charge in [0.2, 0.25) is 11.2 Å². The molecule has 0 spiro atoms. The third-order valence-electron chi connectivity index (χ3n) is 4.26. The Balaban J connectivity index is 2.00. The minimum Gasteiger partial charge on any atom is -0.494 e. The number of benzene rings is 1. The molecule has 0 bridgehead atoms. The first kappa shape index (κ1) is 16.9. The average molecular weight is 353 g/mol. The molecular weight excluding hydrogens is 333 g/mol. The lowest BCUT2D eigenvalue weighted by Gasteiger charge is -2.22. The van der Waals surface area contributed by atoms with Crippen LogP contribution in [-0.2, 0) is 16.0 Å². The fourth-order valence-corrected chi connectivity index (χ4v) is 3.83. The number of halogens is 1. The summed E-state index contributed by atoms with van der Waals surface area (Å²) in [7, 11) is 1.42. The van der Waals surface area contributed by atoms with Crippen LogP contribution in [0.2, 0.25) is 0 Å². The molecule has 2 aliphatic rings. The summed E-state index contributed by atoms with van der Waals surface area (Å²) in [6.45, 7) is 5.44. The van der Waals surface area contributed by atoms with E-state index in [4.69, 9.17) is 4.74 Å². The predicted molar refractivity (Wildman–Crippen MR) is 91.3 cm³/mol. The molecule has 0 aromatic heterocycles. The van der Waals surface area contributed by atoms with Crippen LogP contribution in [0.1, 0.15) is 19.4 Å². The van der Waals surface area contributed by atoms with Gasteiger partial charge in [-0.15, -0.1) is 0 Å². The zero-order valence-electron chi connectivity index (χ0n) is 13.8. The summed E-state index contributed by atoms with van der Waals surface area (Å²) in [6, 6.07) is 3.68. The Labute approximate surface area is 143 Å². The Morgan fingerprint density at radius 1 is 1.33 bits per heavy atom. The summed E-state index contributed by atoms with van der Waals surface area (Å²) >= 11 is -1.80. The van der Waals surface area contributed by atoms with E-state index in [-0.39, 0.29) is 18.0 Å². The first-order valence-corrected chi connectivity index (χ1v) is 8.82. The van der Waals surface area contributed by atoms with Gasteiger partial charge in [-0.2, -0.15) is 0 Å².